The number of nitrogens with zero attached hydrogens (tertiary/aromatic N) is 1. The van der Waals surface area contributed by atoms with Crippen LogP contribution in [0.5, 0.6) is 11.5 Å². The van der Waals surface area contributed by atoms with Gasteiger partial charge >= 0.3 is 0 Å². The highest BCUT2D eigenvalue weighted by molar-refractivity contribution is 6.02. The fraction of sp³-hybridized carbons (Fsp3) is 0.310. The molecule has 1 aliphatic rings. The van der Waals surface area contributed by atoms with Crippen LogP contribution in [-0.4, -0.2) is 51.3 Å². The number of nitrogens with one attached hydrogen (secondary N) is 2. The maximum absolute atomic E-state index is 12.9. The van der Waals surface area contributed by atoms with Gasteiger partial charge in [-0.1, -0.05) is 48.5 Å². The number of methoxy groups -OCH3 is 1. The molecule has 0 radical (unpaired) electrons. The first-order valence-electron chi connectivity index (χ1n) is 12.4. The number of piperazine rings is 1. The van der Waals surface area contributed by atoms with Crippen LogP contribution in [0, 0.1) is 0 Å². The van der Waals surface area contributed by atoms with Gasteiger partial charge in [0.1, 0.15) is 17.5 Å². The van der Waals surface area contributed by atoms with Crippen molar-refractivity contribution in [2.24, 2.45) is 0 Å². The Hall–Kier alpha value is -3.88. The maximum atomic E-state index is 12.9. The minimum Gasteiger partial charge on any atom is -0.496 e. The van der Waals surface area contributed by atoms with Gasteiger partial charge in [0.25, 0.3) is 0 Å². The third-order valence-corrected chi connectivity index (χ3v) is 6.07. The van der Waals surface area contributed by atoms with Crippen molar-refractivity contribution in [2.75, 3.05) is 38.3 Å². The zero-order valence-corrected chi connectivity index (χ0v) is 21.0. The van der Waals surface area contributed by atoms with Crippen LogP contribution in [0.15, 0.2) is 78.9 Å². The first-order valence-corrected chi connectivity index (χ1v) is 12.4. The number of carbonyl (C=O) groups excluding carboxylic acids is 2. The zero-order valence-electron chi connectivity index (χ0n) is 21.0. The van der Waals surface area contributed by atoms with Crippen molar-refractivity contribution in [3.05, 3.63) is 90.0 Å². The van der Waals surface area contributed by atoms with Gasteiger partial charge in [0, 0.05) is 30.8 Å². The van der Waals surface area contributed by atoms with E-state index in [2.05, 4.69) is 10.6 Å². The molecule has 0 saturated carbocycles. The topological polar surface area (TPSA) is 89.1 Å². The van der Waals surface area contributed by atoms with E-state index in [0.717, 1.165) is 23.3 Å². The number of amides is 2. The summed E-state index contributed by atoms with van der Waals surface area (Å²) in [6.45, 7) is 2.54. The molecule has 3 aromatic rings. The Morgan fingerprint density at radius 1 is 1.00 bits per heavy atom. The molecule has 1 aliphatic heterocycles. The lowest BCUT2D eigenvalue weighted by Crippen LogP contribution is -2.60. The molecule has 2 N–H and O–H groups in total. The molecular formula is C29H33N3O5. The average Bonchev–Trinajstić information content (AvgIpc) is 2.94. The van der Waals surface area contributed by atoms with Crippen LogP contribution in [0.1, 0.15) is 17.5 Å². The lowest BCUT2D eigenvalue weighted by atomic mass is 10.1. The van der Waals surface area contributed by atoms with Crippen molar-refractivity contribution in [2.45, 2.75) is 25.6 Å². The van der Waals surface area contributed by atoms with E-state index in [9.17, 15) is 9.59 Å². The summed E-state index contributed by atoms with van der Waals surface area (Å²) in [7, 11) is 1.65. The Morgan fingerprint density at radius 2 is 1.76 bits per heavy atom. The molecule has 0 bridgehead atoms. The van der Waals surface area contributed by atoms with E-state index in [1.807, 2.05) is 78.9 Å². The third kappa shape index (κ3) is 7.31. The number of rotatable bonds is 12. The molecular weight excluding hydrogens is 470 g/mol. The number of carbonyl (C=O) groups is 2. The van der Waals surface area contributed by atoms with E-state index in [0.29, 0.717) is 44.3 Å². The number of anilines is 1. The first kappa shape index (κ1) is 26.2. The van der Waals surface area contributed by atoms with Crippen LogP contribution in [0.4, 0.5) is 5.69 Å². The van der Waals surface area contributed by atoms with Crippen LogP contribution >= 0.6 is 0 Å². The fourth-order valence-corrected chi connectivity index (χ4v) is 4.16. The summed E-state index contributed by atoms with van der Waals surface area (Å²) in [6.07, 6.45) is 0.733. The van der Waals surface area contributed by atoms with Crippen molar-refractivity contribution in [1.82, 2.24) is 10.6 Å². The molecule has 1 heterocycles. The highest BCUT2D eigenvalue weighted by Crippen LogP contribution is 2.23. The Kier molecular flexibility index (Phi) is 9.51. The molecule has 0 aromatic heterocycles. The second-order valence-electron chi connectivity index (χ2n) is 8.67. The molecule has 1 saturated heterocycles. The normalized spacial score (nSPS) is 15.3. The van der Waals surface area contributed by atoms with E-state index < -0.39 is 6.04 Å². The molecule has 8 heteroatoms. The van der Waals surface area contributed by atoms with Gasteiger partial charge in [0.05, 0.1) is 33.5 Å². The van der Waals surface area contributed by atoms with E-state index in [4.69, 9.17) is 14.2 Å². The predicted molar refractivity (Wildman–Crippen MR) is 142 cm³/mol. The van der Waals surface area contributed by atoms with Crippen LogP contribution < -0.4 is 25.0 Å². The summed E-state index contributed by atoms with van der Waals surface area (Å²) < 4.78 is 16.9. The van der Waals surface area contributed by atoms with Crippen molar-refractivity contribution >= 4 is 17.5 Å². The molecule has 3 aromatic carbocycles. The fourth-order valence-electron chi connectivity index (χ4n) is 4.16. The summed E-state index contributed by atoms with van der Waals surface area (Å²) in [4.78, 5) is 27.2. The first-order chi connectivity index (χ1) is 18.2. The van der Waals surface area contributed by atoms with Gasteiger partial charge in [0.15, 0.2) is 0 Å². The largest absolute Gasteiger partial charge is 0.496 e. The molecule has 4 rings (SSSR count). The van der Waals surface area contributed by atoms with E-state index in [1.165, 1.54) is 0 Å². The predicted octanol–water partition coefficient (Wildman–Crippen LogP) is 3.30. The van der Waals surface area contributed by atoms with Gasteiger partial charge in [-0.2, -0.15) is 0 Å². The molecule has 8 nitrogen and oxygen atoms in total. The smallest absolute Gasteiger partial charge is 0.244 e. The van der Waals surface area contributed by atoms with Crippen molar-refractivity contribution in [3.63, 3.8) is 0 Å². The lowest BCUT2D eigenvalue weighted by molar-refractivity contribution is -0.127. The molecule has 0 spiro atoms. The van der Waals surface area contributed by atoms with Crippen molar-refractivity contribution < 1.29 is 23.8 Å². The Morgan fingerprint density at radius 3 is 2.54 bits per heavy atom. The monoisotopic (exact) mass is 503 g/mol. The Balaban J connectivity index is 1.25. The number of ether oxygens (including phenoxy) is 3. The van der Waals surface area contributed by atoms with Gasteiger partial charge in [-0.15, -0.1) is 0 Å². The molecule has 194 valence electrons. The minimum atomic E-state index is -0.628. The summed E-state index contributed by atoms with van der Waals surface area (Å²) in [6, 6.07) is 24.1. The quantitative estimate of drug-likeness (QED) is 0.369. The van der Waals surface area contributed by atoms with E-state index in [-0.39, 0.29) is 18.4 Å². The Labute approximate surface area is 217 Å². The van der Waals surface area contributed by atoms with Gasteiger partial charge in [-0.25, -0.2) is 0 Å². The van der Waals surface area contributed by atoms with Gasteiger partial charge in [-0.3, -0.25) is 14.5 Å². The van der Waals surface area contributed by atoms with Gasteiger partial charge < -0.3 is 24.8 Å². The molecule has 37 heavy (non-hydrogen) atoms. The standard InChI is InChI=1S/C29H33N3O5/c1-35-27-11-6-5-10-23(27)21-36-16-7-17-37-25-14-12-24(13-15-25)32-26(19-30-20-28(32)33)29(34)31-18-22-8-3-2-4-9-22/h2-6,8-15,26,30H,7,16-21H2,1H3,(H,31,34)/t26-/m1/s1. The summed E-state index contributed by atoms with van der Waals surface area (Å²) in [5.74, 6) is 1.17. The third-order valence-electron chi connectivity index (χ3n) is 6.07. The molecule has 0 unspecified atom stereocenters. The van der Waals surface area contributed by atoms with Crippen molar-refractivity contribution in [3.8, 4) is 11.5 Å². The minimum absolute atomic E-state index is 0.146. The summed E-state index contributed by atoms with van der Waals surface area (Å²) >= 11 is 0. The molecule has 1 atom stereocenters. The number of benzene rings is 3. The van der Waals surface area contributed by atoms with Crippen LogP contribution in [0.3, 0.4) is 0 Å². The number of hydrogen-bond donors (Lipinski definition) is 2. The second kappa shape index (κ2) is 13.4. The van der Waals surface area contributed by atoms with E-state index in [1.54, 1.807) is 12.0 Å². The maximum Gasteiger partial charge on any atom is 0.244 e. The van der Waals surface area contributed by atoms with E-state index >= 15 is 0 Å². The van der Waals surface area contributed by atoms with Crippen molar-refractivity contribution in [1.29, 1.82) is 0 Å². The lowest BCUT2D eigenvalue weighted by Gasteiger charge is -2.35. The van der Waals surface area contributed by atoms with Crippen LogP contribution in [-0.2, 0) is 27.5 Å². The second-order valence-corrected chi connectivity index (χ2v) is 8.67. The molecule has 2 amide bonds. The molecule has 1 fully saturated rings. The average molecular weight is 504 g/mol. The van der Waals surface area contributed by atoms with Crippen LogP contribution in [0.2, 0.25) is 0 Å². The number of para-hydroxylation sites is 1. The number of hydrogen-bond acceptors (Lipinski definition) is 6. The Bertz CT molecular complexity index is 1150. The molecule has 0 aliphatic carbocycles. The van der Waals surface area contributed by atoms with Crippen LogP contribution in [0.25, 0.3) is 0 Å². The van der Waals surface area contributed by atoms with Gasteiger partial charge in [0.2, 0.25) is 11.8 Å². The zero-order chi connectivity index (χ0) is 25.9. The highest BCUT2D eigenvalue weighted by Gasteiger charge is 2.34. The summed E-state index contributed by atoms with van der Waals surface area (Å²) in [5.41, 5.74) is 2.68. The van der Waals surface area contributed by atoms with Gasteiger partial charge in [-0.05, 0) is 35.9 Å². The summed E-state index contributed by atoms with van der Waals surface area (Å²) in [5, 5.41) is 5.99. The highest BCUT2D eigenvalue weighted by atomic mass is 16.5. The SMILES string of the molecule is COc1ccccc1COCCCOc1ccc(N2C(=O)CNC[C@@H]2C(=O)NCc2ccccc2)cc1.